The third kappa shape index (κ3) is 3.01. The molecule has 20 heavy (non-hydrogen) atoms. The fraction of sp³-hybridized carbons (Fsp3) is 0.0714. The van der Waals surface area contributed by atoms with Gasteiger partial charge in [-0.3, -0.25) is 4.79 Å². The maximum atomic E-state index is 12.2. The van der Waals surface area contributed by atoms with Crippen molar-refractivity contribution in [2.24, 2.45) is 0 Å². The Morgan fingerprint density at radius 3 is 2.25 bits per heavy atom. The summed E-state index contributed by atoms with van der Waals surface area (Å²) >= 11 is 17.9. The number of benzene rings is 2. The number of para-hydroxylation sites is 1. The van der Waals surface area contributed by atoms with Gasteiger partial charge in [0.2, 0.25) is 0 Å². The molecular formula is C14H11Cl3N2O. The Morgan fingerprint density at radius 2 is 1.70 bits per heavy atom. The van der Waals surface area contributed by atoms with Crippen molar-refractivity contribution in [1.82, 2.24) is 0 Å². The largest absolute Gasteiger partial charge is 0.396 e. The van der Waals surface area contributed by atoms with E-state index in [2.05, 4.69) is 5.32 Å². The summed E-state index contributed by atoms with van der Waals surface area (Å²) in [6.07, 6.45) is 0. The van der Waals surface area contributed by atoms with Gasteiger partial charge in [-0.25, -0.2) is 0 Å². The van der Waals surface area contributed by atoms with Crippen LogP contribution < -0.4 is 11.1 Å². The molecule has 0 aliphatic heterocycles. The van der Waals surface area contributed by atoms with Crippen LogP contribution in [0.4, 0.5) is 11.4 Å². The highest BCUT2D eigenvalue weighted by Gasteiger charge is 2.13. The van der Waals surface area contributed by atoms with Gasteiger partial charge in [0.15, 0.2) is 0 Å². The highest BCUT2D eigenvalue weighted by atomic mass is 35.5. The van der Waals surface area contributed by atoms with Crippen molar-refractivity contribution < 1.29 is 4.79 Å². The number of rotatable bonds is 2. The van der Waals surface area contributed by atoms with Crippen molar-refractivity contribution >= 4 is 52.1 Å². The summed E-state index contributed by atoms with van der Waals surface area (Å²) < 4.78 is 0. The summed E-state index contributed by atoms with van der Waals surface area (Å²) in [5.41, 5.74) is 7.62. The van der Waals surface area contributed by atoms with E-state index in [0.29, 0.717) is 16.3 Å². The van der Waals surface area contributed by atoms with Gasteiger partial charge in [0.25, 0.3) is 5.91 Å². The third-order valence-electron chi connectivity index (χ3n) is 2.80. The van der Waals surface area contributed by atoms with E-state index < -0.39 is 0 Å². The van der Waals surface area contributed by atoms with Gasteiger partial charge in [-0.15, -0.1) is 0 Å². The Kier molecular flexibility index (Phi) is 4.43. The van der Waals surface area contributed by atoms with E-state index in [0.717, 1.165) is 5.56 Å². The minimum absolute atomic E-state index is 0.235. The van der Waals surface area contributed by atoms with Crippen LogP contribution >= 0.6 is 34.8 Å². The Bertz CT molecular complexity index is 643. The van der Waals surface area contributed by atoms with Crippen LogP contribution in [0.1, 0.15) is 15.9 Å². The van der Waals surface area contributed by atoms with Gasteiger partial charge in [0.05, 0.1) is 26.4 Å². The van der Waals surface area contributed by atoms with Crippen LogP contribution in [0.2, 0.25) is 15.1 Å². The topological polar surface area (TPSA) is 55.1 Å². The van der Waals surface area contributed by atoms with Gasteiger partial charge < -0.3 is 11.1 Å². The second-order valence-corrected chi connectivity index (χ2v) is 5.46. The zero-order valence-electron chi connectivity index (χ0n) is 10.5. The Morgan fingerprint density at radius 1 is 1.10 bits per heavy atom. The number of anilines is 2. The summed E-state index contributed by atoms with van der Waals surface area (Å²) in [5, 5.41) is 3.67. The summed E-state index contributed by atoms with van der Waals surface area (Å²) in [5.74, 6) is -0.356. The van der Waals surface area contributed by atoms with Crippen molar-refractivity contribution in [2.45, 2.75) is 6.92 Å². The molecule has 0 fully saturated rings. The molecule has 3 N–H and O–H groups in total. The number of nitrogens with one attached hydrogen (secondary N) is 1. The van der Waals surface area contributed by atoms with E-state index in [4.69, 9.17) is 40.5 Å². The van der Waals surface area contributed by atoms with Crippen molar-refractivity contribution in [3.05, 3.63) is 56.5 Å². The van der Waals surface area contributed by atoms with E-state index in [1.54, 1.807) is 6.07 Å². The molecule has 0 heterocycles. The monoisotopic (exact) mass is 328 g/mol. The van der Waals surface area contributed by atoms with Crippen LogP contribution in [0, 0.1) is 6.92 Å². The average Bonchev–Trinajstić information content (AvgIpc) is 2.39. The number of nitrogen functional groups attached to an aromatic ring is 1. The van der Waals surface area contributed by atoms with Gasteiger partial charge in [-0.2, -0.15) is 0 Å². The van der Waals surface area contributed by atoms with Crippen molar-refractivity contribution in [3.63, 3.8) is 0 Å². The number of hydrogen-bond donors (Lipinski definition) is 2. The molecule has 0 spiro atoms. The molecule has 3 nitrogen and oxygen atoms in total. The van der Waals surface area contributed by atoms with Crippen LogP contribution in [0.15, 0.2) is 30.3 Å². The minimum Gasteiger partial charge on any atom is -0.396 e. The summed E-state index contributed by atoms with van der Waals surface area (Å²) in [7, 11) is 0. The minimum atomic E-state index is -0.356. The lowest BCUT2D eigenvalue weighted by atomic mass is 10.1. The maximum Gasteiger partial charge on any atom is 0.255 e. The first-order chi connectivity index (χ1) is 9.40. The highest BCUT2D eigenvalue weighted by molar-refractivity contribution is 6.39. The number of carbonyl (C=O) groups excluding carboxylic acids is 1. The van der Waals surface area contributed by atoms with Gasteiger partial charge in [0.1, 0.15) is 0 Å². The van der Waals surface area contributed by atoms with Crippen LogP contribution in [-0.2, 0) is 0 Å². The number of hydrogen-bond acceptors (Lipinski definition) is 2. The van der Waals surface area contributed by atoms with Gasteiger partial charge >= 0.3 is 0 Å². The van der Waals surface area contributed by atoms with Crippen LogP contribution in [-0.4, -0.2) is 5.91 Å². The zero-order valence-corrected chi connectivity index (χ0v) is 12.8. The van der Waals surface area contributed by atoms with E-state index in [9.17, 15) is 4.79 Å². The van der Waals surface area contributed by atoms with Crippen LogP contribution in [0.3, 0.4) is 0 Å². The number of amides is 1. The molecule has 6 heteroatoms. The van der Waals surface area contributed by atoms with Crippen molar-refractivity contribution in [2.75, 3.05) is 11.1 Å². The standard InChI is InChI=1S/C14H11Cl3N2O/c1-7-3-2-4-9(15)13(7)19-14(20)8-5-10(16)12(18)11(17)6-8/h2-6H,18H2,1H3,(H,19,20). The fourth-order valence-corrected chi connectivity index (χ4v) is 2.45. The lowest BCUT2D eigenvalue weighted by molar-refractivity contribution is 0.102. The number of halogens is 3. The molecule has 104 valence electrons. The normalized spacial score (nSPS) is 10.4. The molecule has 2 aromatic rings. The molecule has 0 aromatic heterocycles. The highest BCUT2D eigenvalue weighted by Crippen LogP contribution is 2.30. The van der Waals surface area contributed by atoms with E-state index in [1.807, 2.05) is 19.1 Å². The second kappa shape index (κ2) is 5.92. The summed E-state index contributed by atoms with van der Waals surface area (Å²) in [6.45, 7) is 1.85. The fourth-order valence-electron chi connectivity index (χ4n) is 1.69. The number of carbonyl (C=O) groups is 1. The van der Waals surface area contributed by atoms with E-state index >= 15 is 0 Å². The molecule has 2 aromatic carbocycles. The molecular weight excluding hydrogens is 319 g/mol. The Labute approximate surface area is 131 Å². The smallest absolute Gasteiger partial charge is 0.255 e. The molecule has 0 unspecified atom stereocenters. The van der Waals surface area contributed by atoms with Gasteiger partial charge in [0, 0.05) is 5.56 Å². The summed E-state index contributed by atoms with van der Waals surface area (Å²) in [4.78, 5) is 12.2. The lowest BCUT2D eigenvalue weighted by Crippen LogP contribution is -2.13. The Balaban J connectivity index is 2.34. The number of nitrogens with two attached hydrogens (primary N) is 1. The van der Waals surface area contributed by atoms with Crippen LogP contribution in [0.25, 0.3) is 0 Å². The lowest BCUT2D eigenvalue weighted by Gasteiger charge is -2.11. The second-order valence-electron chi connectivity index (χ2n) is 4.24. The zero-order chi connectivity index (χ0) is 14.9. The van der Waals surface area contributed by atoms with Gasteiger partial charge in [-0.1, -0.05) is 46.9 Å². The number of aryl methyl sites for hydroxylation is 1. The van der Waals surface area contributed by atoms with Crippen molar-refractivity contribution in [3.8, 4) is 0 Å². The van der Waals surface area contributed by atoms with Crippen molar-refractivity contribution in [1.29, 1.82) is 0 Å². The third-order valence-corrected chi connectivity index (χ3v) is 3.74. The van der Waals surface area contributed by atoms with E-state index in [-0.39, 0.29) is 21.6 Å². The van der Waals surface area contributed by atoms with Gasteiger partial charge in [-0.05, 0) is 30.7 Å². The summed E-state index contributed by atoms with van der Waals surface area (Å²) in [6, 6.07) is 8.29. The maximum absolute atomic E-state index is 12.2. The molecule has 0 saturated heterocycles. The van der Waals surface area contributed by atoms with Crippen LogP contribution in [0.5, 0.6) is 0 Å². The quantitative estimate of drug-likeness (QED) is 0.778. The molecule has 0 atom stereocenters. The molecule has 1 amide bonds. The first-order valence-electron chi connectivity index (χ1n) is 5.71. The predicted molar refractivity (Wildman–Crippen MR) is 85.0 cm³/mol. The molecule has 0 aliphatic carbocycles. The average molecular weight is 330 g/mol. The molecule has 0 bridgehead atoms. The molecule has 0 saturated carbocycles. The first kappa shape index (κ1) is 15.0. The predicted octanol–water partition coefficient (Wildman–Crippen LogP) is 4.79. The Hall–Kier alpha value is -1.42. The first-order valence-corrected chi connectivity index (χ1v) is 6.84. The molecule has 2 rings (SSSR count). The molecule has 0 radical (unpaired) electrons. The van der Waals surface area contributed by atoms with E-state index in [1.165, 1.54) is 12.1 Å². The molecule has 0 aliphatic rings. The SMILES string of the molecule is Cc1cccc(Cl)c1NC(=O)c1cc(Cl)c(N)c(Cl)c1.